The maximum Gasteiger partial charge on any atom is 0.148 e. The number of fused-ring (bicyclic) bond motifs is 1. The number of aromatic nitrogens is 2. The molecular weight excluding hydrogens is 432 g/mol. The lowest BCUT2D eigenvalue weighted by Crippen LogP contribution is -2.13. The van der Waals surface area contributed by atoms with Gasteiger partial charge in [0.05, 0.1) is 17.6 Å². The summed E-state index contributed by atoms with van der Waals surface area (Å²) in [6.07, 6.45) is 0. The SMILES string of the molecule is Cc1cc(OCCn2c(COc3ccc(C(C)(C)C)cc3)nc3ccccc32)cc(C)c1Cl. The molecule has 0 aliphatic rings. The molecule has 0 bridgehead atoms. The zero-order chi connectivity index (χ0) is 23.6. The summed E-state index contributed by atoms with van der Waals surface area (Å²) in [5.41, 5.74) is 5.47. The number of benzene rings is 3. The van der Waals surface area contributed by atoms with Gasteiger partial charge < -0.3 is 14.0 Å². The fourth-order valence-corrected chi connectivity index (χ4v) is 4.04. The molecule has 0 aliphatic heterocycles. The summed E-state index contributed by atoms with van der Waals surface area (Å²) in [6.45, 7) is 12.2. The lowest BCUT2D eigenvalue weighted by molar-refractivity contribution is 0.272. The molecule has 1 heterocycles. The van der Waals surface area contributed by atoms with Gasteiger partial charge in [0.15, 0.2) is 0 Å². The fraction of sp³-hybridized carbons (Fsp3) is 0.321. The second-order valence-corrected chi connectivity index (χ2v) is 9.83. The molecule has 4 rings (SSSR count). The highest BCUT2D eigenvalue weighted by Crippen LogP contribution is 2.27. The van der Waals surface area contributed by atoms with Gasteiger partial charge in [-0.3, -0.25) is 0 Å². The standard InChI is InChI=1S/C28H31ClN2O2/c1-19-16-23(17-20(2)27(19)29)32-15-14-31-25-9-7-6-8-24(25)30-26(31)18-33-22-12-10-21(11-13-22)28(3,4)5/h6-13,16-17H,14-15,18H2,1-5H3. The van der Waals surface area contributed by atoms with Crippen molar-refractivity contribution in [2.24, 2.45) is 0 Å². The normalized spacial score (nSPS) is 11.7. The number of halogens is 1. The molecule has 0 saturated heterocycles. The molecule has 3 aromatic carbocycles. The van der Waals surface area contributed by atoms with E-state index in [0.29, 0.717) is 19.8 Å². The maximum absolute atomic E-state index is 6.29. The van der Waals surface area contributed by atoms with Crippen molar-refractivity contribution in [2.45, 2.75) is 53.2 Å². The summed E-state index contributed by atoms with van der Waals surface area (Å²) in [7, 11) is 0. The predicted octanol–water partition coefficient (Wildman–Crippen LogP) is 7.26. The van der Waals surface area contributed by atoms with Crippen molar-refractivity contribution in [3.63, 3.8) is 0 Å². The quantitative estimate of drug-likeness (QED) is 0.290. The number of rotatable bonds is 7. The van der Waals surface area contributed by atoms with Crippen LogP contribution in [0.3, 0.4) is 0 Å². The van der Waals surface area contributed by atoms with Gasteiger partial charge in [0.1, 0.15) is 30.5 Å². The van der Waals surface area contributed by atoms with Gasteiger partial charge in [-0.1, -0.05) is 56.6 Å². The number of ether oxygens (including phenoxy) is 2. The first-order chi connectivity index (χ1) is 15.7. The predicted molar refractivity (Wildman–Crippen MR) is 136 cm³/mol. The third-order valence-corrected chi connectivity index (χ3v) is 6.41. The molecule has 0 aliphatic carbocycles. The number of nitrogens with zero attached hydrogens (tertiary/aromatic N) is 2. The molecule has 33 heavy (non-hydrogen) atoms. The Labute approximate surface area is 201 Å². The molecule has 5 heteroatoms. The lowest BCUT2D eigenvalue weighted by Gasteiger charge is -2.19. The second kappa shape index (κ2) is 9.48. The van der Waals surface area contributed by atoms with Crippen LogP contribution in [-0.4, -0.2) is 16.2 Å². The zero-order valence-corrected chi connectivity index (χ0v) is 20.7. The van der Waals surface area contributed by atoms with E-state index in [1.54, 1.807) is 0 Å². The van der Waals surface area contributed by atoms with Gasteiger partial charge in [-0.2, -0.15) is 0 Å². The van der Waals surface area contributed by atoms with E-state index in [4.69, 9.17) is 26.1 Å². The molecule has 0 unspecified atom stereocenters. The largest absolute Gasteiger partial charge is 0.492 e. The van der Waals surface area contributed by atoms with Crippen LogP contribution in [0, 0.1) is 13.8 Å². The maximum atomic E-state index is 6.29. The van der Waals surface area contributed by atoms with Gasteiger partial charge in [-0.15, -0.1) is 0 Å². The topological polar surface area (TPSA) is 36.3 Å². The molecule has 0 N–H and O–H groups in total. The number of aryl methyl sites for hydroxylation is 2. The number of hydrogen-bond donors (Lipinski definition) is 0. The van der Waals surface area contributed by atoms with E-state index in [2.05, 4.69) is 43.5 Å². The highest BCUT2D eigenvalue weighted by atomic mass is 35.5. The molecule has 0 saturated carbocycles. The minimum atomic E-state index is 0.119. The van der Waals surface area contributed by atoms with Crippen LogP contribution >= 0.6 is 11.6 Å². The smallest absolute Gasteiger partial charge is 0.148 e. The van der Waals surface area contributed by atoms with Crippen molar-refractivity contribution in [3.05, 3.63) is 88.2 Å². The number of para-hydroxylation sites is 2. The van der Waals surface area contributed by atoms with E-state index < -0.39 is 0 Å². The molecule has 172 valence electrons. The van der Waals surface area contributed by atoms with Crippen molar-refractivity contribution < 1.29 is 9.47 Å². The van der Waals surface area contributed by atoms with E-state index >= 15 is 0 Å². The molecule has 4 aromatic rings. The van der Waals surface area contributed by atoms with Gasteiger partial charge >= 0.3 is 0 Å². The average molecular weight is 463 g/mol. The summed E-state index contributed by atoms with van der Waals surface area (Å²) in [5.74, 6) is 2.55. The molecule has 0 atom stereocenters. The summed E-state index contributed by atoms with van der Waals surface area (Å²) in [6, 6.07) is 20.4. The third kappa shape index (κ3) is 5.33. The lowest BCUT2D eigenvalue weighted by atomic mass is 9.87. The van der Waals surface area contributed by atoms with Crippen molar-refractivity contribution in [3.8, 4) is 11.5 Å². The highest BCUT2D eigenvalue weighted by Gasteiger charge is 2.14. The Hall–Kier alpha value is -2.98. The Morgan fingerprint density at radius 1 is 0.879 bits per heavy atom. The minimum absolute atomic E-state index is 0.119. The fourth-order valence-electron chi connectivity index (χ4n) is 3.93. The first-order valence-corrected chi connectivity index (χ1v) is 11.7. The van der Waals surface area contributed by atoms with Crippen molar-refractivity contribution in [1.29, 1.82) is 0 Å². The van der Waals surface area contributed by atoms with Crippen molar-refractivity contribution in [2.75, 3.05) is 6.61 Å². The Morgan fingerprint density at radius 3 is 2.21 bits per heavy atom. The van der Waals surface area contributed by atoms with Crippen LogP contribution in [0.15, 0.2) is 60.7 Å². The highest BCUT2D eigenvalue weighted by molar-refractivity contribution is 6.32. The van der Waals surface area contributed by atoms with E-state index in [0.717, 1.165) is 44.5 Å². The van der Waals surface area contributed by atoms with Crippen LogP contribution in [0.5, 0.6) is 11.5 Å². The van der Waals surface area contributed by atoms with Gasteiger partial charge in [0, 0.05) is 5.02 Å². The summed E-state index contributed by atoms with van der Waals surface area (Å²) < 4.78 is 14.3. The molecule has 0 fully saturated rings. The van der Waals surface area contributed by atoms with Crippen LogP contribution in [0.1, 0.15) is 43.3 Å². The monoisotopic (exact) mass is 462 g/mol. The Bertz CT molecular complexity index is 1230. The van der Waals surface area contributed by atoms with Gasteiger partial charge in [0.25, 0.3) is 0 Å². The Kier molecular flexibility index (Phi) is 6.66. The van der Waals surface area contributed by atoms with Crippen LogP contribution in [0.4, 0.5) is 0 Å². The zero-order valence-electron chi connectivity index (χ0n) is 20.0. The third-order valence-electron chi connectivity index (χ3n) is 5.82. The van der Waals surface area contributed by atoms with E-state index in [-0.39, 0.29) is 5.41 Å². The molecule has 0 amide bonds. The number of hydrogen-bond acceptors (Lipinski definition) is 3. The van der Waals surface area contributed by atoms with Crippen LogP contribution < -0.4 is 9.47 Å². The summed E-state index contributed by atoms with van der Waals surface area (Å²) in [4.78, 5) is 4.81. The molecule has 1 aromatic heterocycles. The van der Waals surface area contributed by atoms with Crippen molar-refractivity contribution >= 4 is 22.6 Å². The molecule has 0 spiro atoms. The first kappa shape index (κ1) is 23.2. The van der Waals surface area contributed by atoms with Crippen LogP contribution in [0.2, 0.25) is 5.02 Å². The van der Waals surface area contributed by atoms with E-state index in [1.165, 1.54) is 5.56 Å². The van der Waals surface area contributed by atoms with Crippen molar-refractivity contribution in [1.82, 2.24) is 9.55 Å². The van der Waals surface area contributed by atoms with E-state index in [1.807, 2.05) is 56.3 Å². The molecule has 4 nitrogen and oxygen atoms in total. The summed E-state index contributed by atoms with van der Waals surface area (Å²) >= 11 is 6.29. The first-order valence-electron chi connectivity index (χ1n) is 11.3. The van der Waals surface area contributed by atoms with Gasteiger partial charge in [-0.05, 0) is 72.4 Å². The van der Waals surface area contributed by atoms with Gasteiger partial charge in [-0.25, -0.2) is 4.98 Å². The average Bonchev–Trinajstić information content (AvgIpc) is 3.13. The second-order valence-electron chi connectivity index (χ2n) is 9.45. The Balaban J connectivity index is 1.49. The molecular formula is C28H31ClN2O2. The van der Waals surface area contributed by atoms with Gasteiger partial charge in [0.2, 0.25) is 0 Å². The summed E-state index contributed by atoms with van der Waals surface area (Å²) in [5, 5.41) is 0.790. The minimum Gasteiger partial charge on any atom is -0.492 e. The van der Waals surface area contributed by atoms with E-state index in [9.17, 15) is 0 Å². The molecule has 0 radical (unpaired) electrons. The Morgan fingerprint density at radius 2 is 1.55 bits per heavy atom. The van der Waals surface area contributed by atoms with Crippen LogP contribution in [0.25, 0.3) is 11.0 Å². The van der Waals surface area contributed by atoms with Crippen LogP contribution in [-0.2, 0) is 18.6 Å². The number of imidazole rings is 1.